The Morgan fingerprint density at radius 2 is 2.00 bits per heavy atom. The Morgan fingerprint density at radius 3 is 2.70 bits per heavy atom. The fraction of sp³-hybridized carbons (Fsp3) is 0.562. The van der Waals surface area contributed by atoms with Gasteiger partial charge < -0.3 is 14.4 Å². The summed E-state index contributed by atoms with van der Waals surface area (Å²) in [6.07, 6.45) is 0. The first kappa shape index (κ1) is 16.0. The second kappa shape index (κ2) is 7.14. The lowest BCUT2D eigenvalue weighted by atomic mass is 10.2. The number of carbonyl (C=O) groups excluding carboxylic acids is 1. The maximum Gasteiger partial charge on any atom is 0.326 e. The van der Waals surface area contributed by atoms with Crippen LogP contribution in [0.4, 0.5) is 20.6 Å². The Hall–Kier alpha value is -1.86. The van der Waals surface area contributed by atoms with Crippen molar-refractivity contribution < 1.29 is 18.7 Å². The van der Waals surface area contributed by atoms with Crippen molar-refractivity contribution in [2.45, 2.75) is 6.92 Å². The molecule has 0 atom stereocenters. The third-order valence-electron chi connectivity index (χ3n) is 4.14. The molecule has 2 aliphatic rings. The molecule has 3 rings (SSSR count). The average molecular weight is 323 g/mol. The van der Waals surface area contributed by atoms with Gasteiger partial charge in [-0.1, -0.05) is 0 Å². The maximum atomic E-state index is 14.5. The van der Waals surface area contributed by atoms with Crippen molar-refractivity contribution in [1.29, 1.82) is 0 Å². The monoisotopic (exact) mass is 323 g/mol. The summed E-state index contributed by atoms with van der Waals surface area (Å²) in [7, 11) is 0. The number of carbonyl (C=O) groups is 1. The molecule has 2 aliphatic heterocycles. The normalized spacial score (nSPS) is 18.9. The fourth-order valence-corrected chi connectivity index (χ4v) is 2.87. The molecule has 2 amide bonds. The fourth-order valence-electron chi connectivity index (χ4n) is 2.87. The standard InChI is InChI=1S/C16H22FN3O3/c1-2-22-12-19-5-6-20(16(19)21)13-3-4-15(14(17)11-13)18-7-9-23-10-8-18/h3-4,11H,2,5-10,12H2,1H3. The number of ether oxygens (including phenoxy) is 2. The Balaban J connectivity index is 1.71. The molecule has 6 nitrogen and oxygen atoms in total. The van der Waals surface area contributed by atoms with E-state index in [1.54, 1.807) is 21.9 Å². The molecule has 7 heteroatoms. The van der Waals surface area contributed by atoms with Gasteiger partial charge in [0.2, 0.25) is 0 Å². The zero-order valence-corrected chi connectivity index (χ0v) is 13.3. The minimum absolute atomic E-state index is 0.142. The summed E-state index contributed by atoms with van der Waals surface area (Å²) in [6.45, 7) is 6.44. The van der Waals surface area contributed by atoms with Gasteiger partial charge >= 0.3 is 6.03 Å². The summed E-state index contributed by atoms with van der Waals surface area (Å²) in [6, 6.07) is 4.84. The van der Waals surface area contributed by atoms with E-state index < -0.39 is 0 Å². The number of nitrogens with zero attached hydrogens (tertiary/aromatic N) is 3. The van der Waals surface area contributed by atoms with Crippen molar-refractivity contribution in [3.8, 4) is 0 Å². The molecule has 0 spiro atoms. The lowest BCUT2D eigenvalue weighted by Gasteiger charge is -2.29. The van der Waals surface area contributed by atoms with E-state index in [-0.39, 0.29) is 18.6 Å². The Kier molecular flexibility index (Phi) is 4.97. The molecule has 0 N–H and O–H groups in total. The van der Waals surface area contributed by atoms with E-state index in [9.17, 15) is 9.18 Å². The van der Waals surface area contributed by atoms with Crippen LogP contribution in [0.15, 0.2) is 18.2 Å². The summed E-state index contributed by atoms with van der Waals surface area (Å²) in [5.41, 5.74) is 1.15. The van der Waals surface area contributed by atoms with E-state index in [0.29, 0.717) is 57.4 Å². The van der Waals surface area contributed by atoms with Gasteiger partial charge in [0, 0.05) is 38.5 Å². The number of morpholine rings is 1. The first-order valence-electron chi connectivity index (χ1n) is 7.97. The molecule has 0 aliphatic carbocycles. The van der Waals surface area contributed by atoms with E-state index in [1.807, 2.05) is 11.8 Å². The number of urea groups is 1. The molecular weight excluding hydrogens is 301 g/mol. The molecule has 0 radical (unpaired) electrons. The number of benzene rings is 1. The van der Waals surface area contributed by atoms with Gasteiger partial charge in [0.25, 0.3) is 0 Å². The Labute approximate surface area is 135 Å². The molecule has 23 heavy (non-hydrogen) atoms. The Morgan fingerprint density at radius 1 is 1.22 bits per heavy atom. The second-order valence-electron chi connectivity index (χ2n) is 5.55. The van der Waals surface area contributed by atoms with Crippen LogP contribution in [0.5, 0.6) is 0 Å². The number of rotatable bonds is 5. The van der Waals surface area contributed by atoms with Crippen LogP contribution in [0.1, 0.15) is 6.92 Å². The van der Waals surface area contributed by atoms with Crippen LogP contribution in [0.25, 0.3) is 0 Å². The highest BCUT2D eigenvalue weighted by molar-refractivity contribution is 5.94. The van der Waals surface area contributed by atoms with Crippen LogP contribution in [-0.4, -0.2) is 63.7 Å². The summed E-state index contributed by atoms with van der Waals surface area (Å²) < 4.78 is 25.0. The SMILES string of the molecule is CCOCN1CCN(c2ccc(N3CCOCC3)c(F)c2)C1=O. The van der Waals surface area contributed by atoms with Crippen molar-refractivity contribution in [2.24, 2.45) is 0 Å². The molecule has 0 bridgehead atoms. The number of hydrogen-bond acceptors (Lipinski definition) is 4. The third kappa shape index (κ3) is 3.40. The second-order valence-corrected chi connectivity index (χ2v) is 5.55. The van der Waals surface area contributed by atoms with Crippen molar-refractivity contribution in [2.75, 3.05) is 62.5 Å². The van der Waals surface area contributed by atoms with E-state index in [0.717, 1.165) is 0 Å². The molecule has 2 heterocycles. The summed E-state index contributed by atoms with van der Waals surface area (Å²) in [5, 5.41) is 0. The van der Waals surface area contributed by atoms with Gasteiger partial charge in [-0.3, -0.25) is 9.80 Å². The molecule has 1 aromatic rings. The molecule has 0 aromatic heterocycles. The predicted molar refractivity (Wildman–Crippen MR) is 85.4 cm³/mol. The molecule has 126 valence electrons. The zero-order valence-electron chi connectivity index (χ0n) is 13.3. The van der Waals surface area contributed by atoms with Gasteiger partial charge in [-0.2, -0.15) is 0 Å². The molecule has 2 saturated heterocycles. The van der Waals surface area contributed by atoms with E-state index in [1.165, 1.54) is 6.07 Å². The average Bonchev–Trinajstić information content (AvgIpc) is 2.94. The summed E-state index contributed by atoms with van der Waals surface area (Å²) in [5.74, 6) is -0.305. The number of hydrogen-bond donors (Lipinski definition) is 0. The molecule has 1 aromatic carbocycles. The largest absolute Gasteiger partial charge is 0.378 e. The van der Waals surface area contributed by atoms with Crippen molar-refractivity contribution >= 4 is 17.4 Å². The predicted octanol–water partition coefficient (Wildman–Crippen LogP) is 1.90. The van der Waals surface area contributed by atoms with Gasteiger partial charge in [0.05, 0.1) is 18.9 Å². The number of amides is 2. The number of halogens is 1. The first-order valence-corrected chi connectivity index (χ1v) is 7.97. The highest BCUT2D eigenvalue weighted by Gasteiger charge is 2.30. The van der Waals surface area contributed by atoms with Crippen molar-refractivity contribution in [3.05, 3.63) is 24.0 Å². The topological polar surface area (TPSA) is 45.2 Å². The molecule has 0 unspecified atom stereocenters. The molecule has 2 fully saturated rings. The summed E-state index contributed by atoms with van der Waals surface area (Å²) in [4.78, 5) is 17.5. The van der Waals surface area contributed by atoms with Crippen LogP contribution < -0.4 is 9.80 Å². The minimum Gasteiger partial charge on any atom is -0.378 e. The van der Waals surface area contributed by atoms with E-state index in [2.05, 4.69) is 0 Å². The third-order valence-corrected chi connectivity index (χ3v) is 4.14. The van der Waals surface area contributed by atoms with Crippen molar-refractivity contribution in [1.82, 2.24) is 4.90 Å². The zero-order chi connectivity index (χ0) is 16.2. The Bertz CT molecular complexity index is 564. The van der Waals surface area contributed by atoms with Crippen LogP contribution in [0, 0.1) is 5.82 Å². The highest BCUT2D eigenvalue weighted by atomic mass is 19.1. The van der Waals surface area contributed by atoms with Gasteiger partial charge in [0.15, 0.2) is 0 Å². The minimum atomic E-state index is -0.305. The maximum absolute atomic E-state index is 14.5. The lowest BCUT2D eigenvalue weighted by Crippen LogP contribution is -2.37. The smallest absolute Gasteiger partial charge is 0.326 e. The van der Waals surface area contributed by atoms with E-state index in [4.69, 9.17) is 9.47 Å². The van der Waals surface area contributed by atoms with Crippen LogP contribution in [0.3, 0.4) is 0 Å². The first-order chi connectivity index (χ1) is 11.2. The quantitative estimate of drug-likeness (QED) is 0.830. The molecular formula is C16H22FN3O3. The van der Waals surface area contributed by atoms with Crippen LogP contribution in [0.2, 0.25) is 0 Å². The van der Waals surface area contributed by atoms with Gasteiger partial charge in [-0.15, -0.1) is 0 Å². The summed E-state index contributed by atoms with van der Waals surface area (Å²) >= 11 is 0. The van der Waals surface area contributed by atoms with Crippen LogP contribution >= 0.6 is 0 Å². The van der Waals surface area contributed by atoms with E-state index >= 15 is 0 Å². The van der Waals surface area contributed by atoms with Gasteiger partial charge in [-0.25, -0.2) is 9.18 Å². The number of anilines is 2. The van der Waals surface area contributed by atoms with Gasteiger partial charge in [-0.05, 0) is 25.1 Å². The lowest BCUT2D eigenvalue weighted by molar-refractivity contribution is 0.0665. The van der Waals surface area contributed by atoms with Gasteiger partial charge in [0.1, 0.15) is 12.5 Å². The highest BCUT2D eigenvalue weighted by Crippen LogP contribution is 2.27. The molecule has 0 saturated carbocycles. The van der Waals surface area contributed by atoms with Crippen molar-refractivity contribution in [3.63, 3.8) is 0 Å². The van der Waals surface area contributed by atoms with Crippen LogP contribution in [-0.2, 0) is 9.47 Å².